The first-order valence-corrected chi connectivity index (χ1v) is 17.0. The van der Waals surface area contributed by atoms with Crippen molar-refractivity contribution in [2.75, 3.05) is 25.1 Å². The number of hydrogen-bond acceptors (Lipinski definition) is 6. The molecule has 0 unspecified atom stereocenters. The third kappa shape index (κ3) is 6.86. The third-order valence-corrected chi connectivity index (χ3v) is 11.5. The minimum Gasteiger partial charge on any atom is -0.487 e. The van der Waals surface area contributed by atoms with Crippen LogP contribution in [-0.2, 0) is 27.8 Å². The summed E-state index contributed by atoms with van der Waals surface area (Å²) in [5.74, 6) is 1.56. The van der Waals surface area contributed by atoms with Gasteiger partial charge < -0.3 is 14.4 Å². The first-order chi connectivity index (χ1) is 19.7. The van der Waals surface area contributed by atoms with Gasteiger partial charge in [0.1, 0.15) is 12.4 Å². The molecule has 7 nitrogen and oxygen atoms in total. The fraction of sp³-hybridized carbons (Fsp3) is 0.594. The summed E-state index contributed by atoms with van der Waals surface area (Å²) in [5, 5.41) is 0.0628. The van der Waals surface area contributed by atoms with Crippen LogP contribution in [0.2, 0.25) is 5.02 Å². The monoisotopic (exact) mass is 602 g/mol. The van der Waals surface area contributed by atoms with Gasteiger partial charge in [-0.2, -0.15) is 0 Å². The van der Waals surface area contributed by atoms with Crippen molar-refractivity contribution >= 4 is 33.2 Å². The lowest BCUT2D eigenvalue weighted by Gasteiger charge is -2.49. The number of methoxy groups -OCH3 is 1. The molecule has 1 amide bonds. The summed E-state index contributed by atoms with van der Waals surface area (Å²) in [7, 11) is -2.00. The van der Waals surface area contributed by atoms with Crippen LogP contribution in [0.25, 0.3) is 0 Å². The van der Waals surface area contributed by atoms with Crippen molar-refractivity contribution in [3.8, 4) is 5.75 Å². The molecular formula is C32H43ClN2O5S. The van der Waals surface area contributed by atoms with E-state index in [1.165, 1.54) is 5.56 Å². The molecule has 2 aromatic rings. The fourth-order valence-electron chi connectivity index (χ4n) is 6.81. The van der Waals surface area contributed by atoms with Gasteiger partial charge in [-0.05, 0) is 105 Å². The summed E-state index contributed by atoms with van der Waals surface area (Å²) >= 11 is 6.32. The van der Waals surface area contributed by atoms with Crippen LogP contribution in [0.3, 0.4) is 0 Å². The number of rotatable bonds is 1. The molecule has 1 saturated carbocycles. The number of hydrogen-bond donors (Lipinski definition) is 1. The van der Waals surface area contributed by atoms with E-state index in [0.29, 0.717) is 42.1 Å². The van der Waals surface area contributed by atoms with Gasteiger partial charge in [0.15, 0.2) is 0 Å². The molecule has 0 spiro atoms. The summed E-state index contributed by atoms with van der Waals surface area (Å²) < 4.78 is 40.8. The zero-order chi connectivity index (χ0) is 29.1. The Labute approximate surface area is 250 Å². The average molecular weight is 603 g/mol. The van der Waals surface area contributed by atoms with E-state index in [4.69, 9.17) is 21.1 Å². The molecule has 2 bridgehead atoms. The quantitative estimate of drug-likeness (QED) is 0.408. The molecule has 0 radical (unpaired) electrons. The zero-order valence-electron chi connectivity index (χ0n) is 24.4. The molecule has 0 saturated heterocycles. The maximum Gasteiger partial charge on any atom is 0.264 e. The van der Waals surface area contributed by atoms with Crippen molar-refractivity contribution in [1.29, 1.82) is 0 Å². The Balaban J connectivity index is 1.54. The Morgan fingerprint density at radius 1 is 1.00 bits per heavy atom. The second kappa shape index (κ2) is 12.9. The van der Waals surface area contributed by atoms with Gasteiger partial charge in [0, 0.05) is 30.8 Å². The molecule has 2 aliphatic heterocycles. The standard InChI is InChI=1S/C32H43ClN2O5S/c1-21-16-27-28(21)19-35-15-7-6-9-23-17-26(33)13-11-25(23)20-40-31-14-12-24(18-29(31)35)32(36)34-41(37,38)22(2)8-4-5-10-30(27)39-3/h11-14,17-18,21-22,27-28,30H,4-10,15-16,19-20H2,1-3H3,(H,34,36)/t21-,22-,27-,28-,30+/m1/s1. The number of sulfonamides is 1. The average Bonchev–Trinajstić information content (AvgIpc) is 2.97. The van der Waals surface area contributed by atoms with E-state index in [9.17, 15) is 13.2 Å². The SMILES string of the molecule is CO[C@H]1CCCC[C@@H](C)S(=O)(=O)NC(=O)c2ccc3c(c2)N(CCCCc2cc(Cl)ccc2CO3)C[C@H]2[C@H]1C[C@H]2C. The van der Waals surface area contributed by atoms with Crippen molar-refractivity contribution in [2.45, 2.75) is 83.2 Å². The van der Waals surface area contributed by atoms with Crippen molar-refractivity contribution in [3.63, 3.8) is 0 Å². The Morgan fingerprint density at radius 2 is 1.80 bits per heavy atom. The molecule has 2 heterocycles. The van der Waals surface area contributed by atoms with Crippen LogP contribution in [-0.4, -0.2) is 45.9 Å². The maximum absolute atomic E-state index is 13.3. The van der Waals surface area contributed by atoms with Gasteiger partial charge in [-0.1, -0.05) is 37.4 Å². The highest BCUT2D eigenvalue weighted by Crippen LogP contribution is 2.46. The van der Waals surface area contributed by atoms with E-state index in [1.807, 2.05) is 30.3 Å². The number of ether oxygens (including phenoxy) is 2. The van der Waals surface area contributed by atoms with E-state index in [0.717, 1.165) is 74.3 Å². The molecule has 1 aliphatic carbocycles. The van der Waals surface area contributed by atoms with Gasteiger partial charge in [0.2, 0.25) is 10.0 Å². The number of anilines is 1. The summed E-state index contributed by atoms with van der Waals surface area (Å²) in [6.45, 7) is 6.03. The van der Waals surface area contributed by atoms with E-state index in [-0.39, 0.29) is 6.10 Å². The van der Waals surface area contributed by atoms with Gasteiger partial charge in [0.05, 0.1) is 17.0 Å². The third-order valence-electron chi connectivity index (χ3n) is 9.49. The minimum absolute atomic E-state index is 0.154. The lowest BCUT2D eigenvalue weighted by atomic mass is 9.62. The Hall–Kier alpha value is -2.29. The Morgan fingerprint density at radius 3 is 2.59 bits per heavy atom. The molecule has 0 aromatic heterocycles. The van der Waals surface area contributed by atoms with Crippen molar-refractivity contribution in [1.82, 2.24) is 4.72 Å². The van der Waals surface area contributed by atoms with Crippen LogP contribution in [0, 0.1) is 17.8 Å². The van der Waals surface area contributed by atoms with Crippen molar-refractivity contribution in [3.05, 3.63) is 58.1 Å². The van der Waals surface area contributed by atoms with Gasteiger partial charge in [-0.15, -0.1) is 0 Å². The van der Waals surface area contributed by atoms with Crippen LogP contribution < -0.4 is 14.4 Å². The highest BCUT2D eigenvalue weighted by atomic mass is 35.5. The summed E-state index contributed by atoms with van der Waals surface area (Å²) in [6, 6.07) is 11.2. The number of carbonyl (C=O) groups is 1. The van der Waals surface area contributed by atoms with Crippen LogP contribution >= 0.6 is 11.6 Å². The maximum atomic E-state index is 13.3. The van der Waals surface area contributed by atoms with E-state index < -0.39 is 21.2 Å². The lowest BCUT2D eigenvalue weighted by molar-refractivity contribution is -0.0518. The summed E-state index contributed by atoms with van der Waals surface area (Å²) in [4.78, 5) is 15.6. The van der Waals surface area contributed by atoms with E-state index in [1.54, 1.807) is 20.1 Å². The molecule has 9 heteroatoms. The number of benzene rings is 2. The van der Waals surface area contributed by atoms with Crippen molar-refractivity contribution in [2.24, 2.45) is 17.8 Å². The largest absolute Gasteiger partial charge is 0.487 e. The number of nitrogens with one attached hydrogen (secondary N) is 1. The van der Waals surface area contributed by atoms with E-state index >= 15 is 0 Å². The first-order valence-electron chi connectivity index (χ1n) is 15.0. The lowest BCUT2D eigenvalue weighted by Crippen LogP contribution is -2.49. The number of carbonyl (C=O) groups excluding carboxylic acids is 1. The molecule has 5 rings (SSSR count). The molecular weight excluding hydrogens is 560 g/mol. The second-order valence-corrected chi connectivity index (χ2v) is 14.7. The highest BCUT2D eigenvalue weighted by Gasteiger charge is 2.43. The smallest absolute Gasteiger partial charge is 0.264 e. The van der Waals surface area contributed by atoms with Crippen LogP contribution in [0.4, 0.5) is 5.69 Å². The molecule has 1 N–H and O–H groups in total. The fourth-order valence-corrected chi connectivity index (χ4v) is 8.06. The van der Waals surface area contributed by atoms with Gasteiger partial charge in [-0.25, -0.2) is 13.1 Å². The van der Waals surface area contributed by atoms with Crippen LogP contribution in [0.1, 0.15) is 80.3 Å². The molecule has 3 aliphatic rings. The van der Waals surface area contributed by atoms with E-state index in [2.05, 4.69) is 16.5 Å². The number of halogens is 1. The molecule has 2 aromatic carbocycles. The number of fused-ring (bicyclic) bond motifs is 3. The van der Waals surface area contributed by atoms with Crippen LogP contribution in [0.5, 0.6) is 5.75 Å². The Bertz CT molecular complexity index is 1350. The topological polar surface area (TPSA) is 84.9 Å². The number of amides is 1. The first kappa shape index (κ1) is 30.2. The van der Waals surface area contributed by atoms with Gasteiger partial charge >= 0.3 is 0 Å². The molecule has 5 atom stereocenters. The molecule has 224 valence electrons. The normalized spacial score (nSPS) is 29.0. The highest BCUT2D eigenvalue weighted by molar-refractivity contribution is 7.90. The number of aryl methyl sites for hydroxylation is 1. The summed E-state index contributed by atoms with van der Waals surface area (Å²) in [5.41, 5.74) is 3.44. The van der Waals surface area contributed by atoms with Gasteiger partial charge in [0.25, 0.3) is 5.91 Å². The number of nitrogens with zero attached hydrogens (tertiary/aromatic N) is 1. The molecule has 1 fully saturated rings. The van der Waals surface area contributed by atoms with Crippen LogP contribution in [0.15, 0.2) is 36.4 Å². The van der Waals surface area contributed by atoms with Crippen molar-refractivity contribution < 1.29 is 22.7 Å². The predicted octanol–water partition coefficient (Wildman–Crippen LogP) is 6.37. The minimum atomic E-state index is -3.81. The Kier molecular flexibility index (Phi) is 9.51. The predicted molar refractivity (Wildman–Crippen MR) is 163 cm³/mol. The summed E-state index contributed by atoms with van der Waals surface area (Å²) in [6.07, 6.45) is 7.25. The second-order valence-electron chi connectivity index (χ2n) is 12.2. The van der Waals surface area contributed by atoms with Gasteiger partial charge in [-0.3, -0.25) is 4.79 Å². The zero-order valence-corrected chi connectivity index (χ0v) is 26.0. The molecule has 41 heavy (non-hydrogen) atoms.